The molecule has 7 heteroatoms. The highest BCUT2D eigenvalue weighted by Crippen LogP contribution is 2.30. The number of nitrogens with zero attached hydrogens (tertiary/aromatic N) is 2. The number of para-hydroxylation sites is 1. The zero-order valence-electron chi connectivity index (χ0n) is 11.6. The van der Waals surface area contributed by atoms with Crippen molar-refractivity contribution >= 4 is 16.7 Å². The molecule has 1 heterocycles. The van der Waals surface area contributed by atoms with Crippen molar-refractivity contribution in [3.63, 3.8) is 0 Å². The van der Waals surface area contributed by atoms with Crippen LogP contribution in [-0.2, 0) is 11.5 Å². The Labute approximate surface area is 123 Å². The van der Waals surface area contributed by atoms with Gasteiger partial charge in [0, 0.05) is 7.11 Å². The molecule has 1 aromatic heterocycles. The first-order valence-electron chi connectivity index (χ1n) is 6.42. The molecule has 0 aliphatic rings. The Hall–Kier alpha value is -2.54. The van der Waals surface area contributed by atoms with Gasteiger partial charge in [-0.1, -0.05) is 6.07 Å². The summed E-state index contributed by atoms with van der Waals surface area (Å²) in [5.41, 5.74) is 7.15. The van der Waals surface area contributed by atoms with Crippen LogP contribution in [0.15, 0.2) is 30.3 Å². The van der Waals surface area contributed by atoms with Gasteiger partial charge in [0.05, 0.1) is 16.8 Å². The lowest BCUT2D eigenvalue weighted by Crippen LogP contribution is -2.04. The van der Waals surface area contributed by atoms with Gasteiger partial charge in [-0.2, -0.15) is 0 Å². The summed E-state index contributed by atoms with van der Waals surface area (Å²) in [7, 11) is 1.46. The summed E-state index contributed by atoms with van der Waals surface area (Å²) >= 11 is 0. The minimum absolute atomic E-state index is 0.0632. The first-order chi connectivity index (χ1) is 10.5. The second-order valence-corrected chi connectivity index (χ2v) is 4.72. The SMILES string of the molecule is COCn1c(-c2ccc(F)c(F)c2F)nc2c(N)cccc21. The molecule has 114 valence electrons. The standard InChI is InChI=1S/C15H12F3N3O/c1-22-7-21-11-4-2-3-10(19)14(11)20-15(21)8-5-6-9(16)13(18)12(8)17/h2-6H,7,19H2,1H3. The Morgan fingerprint density at radius 2 is 1.91 bits per heavy atom. The van der Waals surface area contributed by atoms with Crippen LogP contribution in [0.2, 0.25) is 0 Å². The molecule has 0 fully saturated rings. The fourth-order valence-corrected chi connectivity index (χ4v) is 2.33. The van der Waals surface area contributed by atoms with Gasteiger partial charge in [0.1, 0.15) is 18.1 Å². The summed E-state index contributed by atoms with van der Waals surface area (Å²) in [6.07, 6.45) is 0. The molecule has 2 N–H and O–H groups in total. The average Bonchev–Trinajstić information content (AvgIpc) is 2.86. The molecule has 4 nitrogen and oxygen atoms in total. The topological polar surface area (TPSA) is 53.1 Å². The summed E-state index contributed by atoms with van der Waals surface area (Å²) in [4.78, 5) is 4.26. The summed E-state index contributed by atoms with van der Waals surface area (Å²) < 4.78 is 47.3. The average molecular weight is 307 g/mol. The van der Waals surface area contributed by atoms with E-state index in [4.69, 9.17) is 10.5 Å². The Bertz CT molecular complexity index is 861. The van der Waals surface area contributed by atoms with Crippen LogP contribution in [0.1, 0.15) is 0 Å². The molecule has 22 heavy (non-hydrogen) atoms. The molecule has 3 rings (SSSR count). The first kappa shape index (κ1) is 14.4. The number of rotatable bonds is 3. The number of hydrogen-bond donors (Lipinski definition) is 1. The number of hydrogen-bond acceptors (Lipinski definition) is 3. The van der Waals surface area contributed by atoms with Crippen LogP contribution in [-0.4, -0.2) is 16.7 Å². The number of methoxy groups -OCH3 is 1. The van der Waals surface area contributed by atoms with Gasteiger partial charge in [0.2, 0.25) is 0 Å². The van der Waals surface area contributed by atoms with Gasteiger partial charge < -0.3 is 10.5 Å². The molecule has 0 saturated carbocycles. The van der Waals surface area contributed by atoms with Crippen LogP contribution >= 0.6 is 0 Å². The smallest absolute Gasteiger partial charge is 0.195 e. The van der Waals surface area contributed by atoms with Crippen molar-refractivity contribution in [2.75, 3.05) is 12.8 Å². The third-order valence-electron chi connectivity index (χ3n) is 3.34. The van der Waals surface area contributed by atoms with Gasteiger partial charge in [-0.15, -0.1) is 0 Å². The van der Waals surface area contributed by atoms with E-state index in [9.17, 15) is 13.2 Å². The molecular weight excluding hydrogens is 295 g/mol. The molecule has 0 spiro atoms. The Morgan fingerprint density at radius 1 is 1.14 bits per heavy atom. The fraction of sp³-hybridized carbons (Fsp3) is 0.133. The lowest BCUT2D eigenvalue weighted by molar-refractivity contribution is 0.135. The highest BCUT2D eigenvalue weighted by molar-refractivity contribution is 5.90. The van der Waals surface area contributed by atoms with Gasteiger partial charge in [-0.05, 0) is 24.3 Å². The number of nitrogen functional groups attached to an aromatic ring is 1. The van der Waals surface area contributed by atoms with E-state index in [1.54, 1.807) is 22.8 Å². The monoisotopic (exact) mass is 307 g/mol. The van der Waals surface area contributed by atoms with E-state index in [-0.39, 0.29) is 18.1 Å². The van der Waals surface area contributed by atoms with Gasteiger partial charge >= 0.3 is 0 Å². The van der Waals surface area contributed by atoms with Crippen LogP contribution in [0.5, 0.6) is 0 Å². The molecule has 0 bridgehead atoms. The molecule has 0 atom stereocenters. The van der Waals surface area contributed by atoms with Crippen molar-refractivity contribution in [3.05, 3.63) is 47.8 Å². The zero-order chi connectivity index (χ0) is 15.9. The molecule has 0 saturated heterocycles. The minimum atomic E-state index is -1.54. The van der Waals surface area contributed by atoms with E-state index in [1.807, 2.05) is 0 Å². The van der Waals surface area contributed by atoms with Crippen molar-refractivity contribution in [3.8, 4) is 11.4 Å². The van der Waals surface area contributed by atoms with Crippen molar-refractivity contribution in [1.29, 1.82) is 0 Å². The highest BCUT2D eigenvalue weighted by Gasteiger charge is 2.21. The van der Waals surface area contributed by atoms with Gasteiger partial charge in [0.15, 0.2) is 17.5 Å². The van der Waals surface area contributed by atoms with Crippen LogP contribution in [0.4, 0.5) is 18.9 Å². The quantitative estimate of drug-likeness (QED) is 0.596. The number of fused-ring (bicyclic) bond motifs is 1. The van der Waals surface area contributed by atoms with Crippen LogP contribution in [0.3, 0.4) is 0 Å². The van der Waals surface area contributed by atoms with Crippen LogP contribution in [0.25, 0.3) is 22.4 Å². The minimum Gasteiger partial charge on any atom is -0.397 e. The summed E-state index contributed by atoms with van der Waals surface area (Å²) in [5.74, 6) is -3.98. The number of imidazole rings is 1. The fourth-order valence-electron chi connectivity index (χ4n) is 2.33. The lowest BCUT2D eigenvalue weighted by Gasteiger charge is -2.09. The van der Waals surface area contributed by atoms with E-state index in [2.05, 4.69) is 4.98 Å². The zero-order valence-corrected chi connectivity index (χ0v) is 11.6. The number of benzene rings is 2. The molecule has 2 aromatic carbocycles. The first-order valence-corrected chi connectivity index (χ1v) is 6.42. The maximum Gasteiger partial charge on any atom is 0.195 e. The summed E-state index contributed by atoms with van der Waals surface area (Å²) in [6, 6.07) is 7.10. The summed E-state index contributed by atoms with van der Waals surface area (Å²) in [6.45, 7) is 0.0632. The van der Waals surface area contributed by atoms with Gasteiger partial charge in [-0.3, -0.25) is 4.57 Å². The van der Waals surface area contributed by atoms with E-state index in [0.717, 1.165) is 12.1 Å². The lowest BCUT2D eigenvalue weighted by atomic mass is 10.2. The Balaban J connectivity index is 2.33. The highest BCUT2D eigenvalue weighted by atomic mass is 19.2. The number of nitrogens with two attached hydrogens (primary N) is 1. The molecule has 0 radical (unpaired) electrons. The van der Waals surface area contributed by atoms with Crippen LogP contribution in [0, 0.1) is 17.5 Å². The van der Waals surface area contributed by atoms with E-state index in [0.29, 0.717) is 16.7 Å². The largest absolute Gasteiger partial charge is 0.397 e. The molecule has 0 unspecified atom stereocenters. The maximum atomic E-state index is 14.1. The predicted octanol–water partition coefficient (Wildman–Crippen LogP) is 3.31. The second-order valence-electron chi connectivity index (χ2n) is 4.72. The molecule has 0 aliphatic carbocycles. The molecular formula is C15H12F3N3O. The Kier molecular flexibility index (Phi) is 3.50. The number of ether oxygens (including phenoxy) is 1. The molecule has 0 aliphatic heterocycles. The third-order valence-corrected chi connectivity index (χ3v) is 3.34. The van der Waals surface area contributed by atoms with Crippen molar-refractivity contribution < 1.29 is 17.9 Å². The molecule has 0 amide bonds. The maximum absolute atomic E-state index is 14.1. The number of halogens is 3. The molecule has 3 aromatic rings. The third kappa shape index (κ3) is 2.10. The van der Waals surface area contributed by atoms with Gasteiger partial charge in [-0.25, -0.2) is 18.2 Å². The van der Waals surface area contributed by atoms with Gasteiger partial charge in [0.25, 0.3) is 0 Å². The van der Waals surface area contributed by atoms with Crippen molar-refractivity contribution in [2.24, 2.45) is 0 Å². The summed E-state index contributed by atoms with van der Waals surface area (Å²) in [5, 5.41) is 0. The van der Waals surface area contributed by atoms with E-state index in [1.165, 1.54) is 7.11 Å². The Morgan fingerprint density at radius 3 is 2.64 bits per heavy atom. The van der Waals surface area contributed by atoms with Crippen LogP contribution < -0.4 is 5.73 Å². The predicted molar refractivity (Wildman–Crippen MR) is 76.5 cm³/mol. The normalized spacial score (nSPS) is 11.3. The van der Waals surface area contributed by atoms with E-state index >= 15 is 0 Å². The number of anilines is 1. The van der Waals surface area contributed by atoms with Crippen molar-refractivity contribution in [2.45, 2.75) is 6.73 Å². The van der Waals surface area contributed by atoms with Crippen molar-refractivity contribution in [1.82, 2.24) is 9.55 Å². The van der Waals surface area contributed by atoms with E-state index < -0.39 is 17.5 Å². The second kappa shape index (κ2) is 5.34. The number of aromatic nitrogens is 2.